The summed E-state index contributed by atoms with van der Waals surface area (Å²) in [5.74, 6) is 1.39. The van der Waals surface area contributed by atoms with E-state index in [1.54, 1.807) is 7.11 Å². The van der Waals surface area contributed by atoms with E-state index in [-0.39, 0.29) is 0 Å². The maximum absolute atomic E-state index is 5.41. The number of nitrogens with zero attached hydrogens (tertiary/aromatic N) is 3. The summed E-state index contributed by atoms with van der Waals surface area (Å²) in [7, 11) is 1.65. The van der Waals surface area contributed by atoms with Gasteiger partial charge in [-0.2, -0.15) is 0 Å². The van der Waals surface area contributed by atoms with Gasteiger partial charge < -0.3 is 4.74 Å². The van der Waals surface area contributed by atoms with Crippen LogP contribution in [0.1, 0.15) is 0 Å². The SMILES string of the molecule is COc1ccc2ccccc2c1-c1ncncn1. The molecule has 2 aromatic carbocycles. The van der Waals surface area contributed by atoms with Crippen LogP contribution >= 0.6 is 0 Å². The van der Waals surface area contributed by atoms with Gasteiger partial charge in [0.25, 0.3) is 0 Å². The number of ether oxygens (including phenoxy) is 1. The van der Waals surface area contributed by atoms with Crippen molar-refractivity contribution >= 4 is 10.8 Å². The molecule has 0 N–H and O–H groups in total. The van der Waals surface area contributed by atoms with Crippen molar-refractivity contribution < 1.29 is 4.74 Å². The van der Waals surface area contributed by atoms with E-state index in [2.05, 4.69) is 21.0 Å². The van der Waals surface area contributed by atoms with Crippen LogP contribution in [0.3, 0.4) is 0 Å². The number of hydrogen-bond acceptors (Lipinski definition) is 4. The highest BCUT2D eigenvalue weighted by atomic mass is 16.5. The number of hydrogen-bond donors (Lipinski definition) is 0. The first kappa shape index (κ1) is 10.7. The molecule has 88 valence electrons. The lowest BCUT2D eigenvalue weighted by molar-refractivity contribution is 0.416. The van der Waals surface area contributed by atoms with Gasteiger partial charge in [0.1, 0.15) is 18.4 Å². The van der Waals surface area contributed by atoms with Gasteiger partial charge in [-0.1, -0.05) is 30.3 Å². The quantitative estimate of drug-likeness (QED) is 0.687. The summed E-state index contributed by atoms with van der Waals surface area (Å²) in [5, 5.41) is 2.21. The van der Waals surface area contributed by atoms with E-state index in [1.165, 1.54) is 12.7 Å². The van der Waals surface area contributed by atoms with E-state index in [9.17, 15) is 0 Å². The van der Waals surface area contributed by atoms with Crippen LogP contribution in [0.5, 0.6) is 5.75 Å². The lowest BCUT2D eigenvalue weighted by atomic mass is 10.0. The Balaban J connectivity index is 2.38. The monoisotopic (exact) mass is 237 g/mol. The van der Waals surface area contributed by atoms with Gasteiger partial charge in [-0.05, 0) is 16.8 Å². The molecule has 0 saturated heterocycles. The van der Waals surface area contributed by atoms with Gasteiger partial charge in [0.05, 0.1) is 12.7 Å². The van der Waals surface area contributed by atoms with E-state index >= 15 is 0 Å². The van der Waals surface area contributed by atoms with Crippen LogP contribution in [0.2, 0.25) is 0 Å². The molecule has 4 heteroatoms. The number of fused-ring (bicyclic) bond motifs is 1. The van der Waals surface area contributed by atoms with Crippen molar-refractivity contribution in [1.29, 1.82) is 0 Å². The number of aromatic nitrogens is 3. The fraction of sp³-hybridized carbons (Fsp3) is 0.0714. The van der Waals surface area contributed by atoms with Crippen LogP contribution in [0.25, 0.3) is 22.2 Å². The van der Waals surface area contributed by atoms with Crippen LogP contribution in [0.4, 0.5) is 0 Å². The number of methoxy groups -OCH3 is 1. The number of benzene rings is 2. The molecule has 0 aliphatic carbocycles. The van der Waals surface area contributed by atoms with Crippen molar-refractivity contribution in [1.82, 2.24) is 15.0 Å². The molecule has 4 nitrogen and oxygen atoms in total. The molecule has 0 aliphatic heterocycles. The Kier molecular flexibility index (Phi) is 2.61. The topological polar surface area (TPSA) is 47.9 Å². The third-order valence-corrected chi connectivity index (χ3v) is 2.83. The van der Waals surface area contributed by atoms with Crippen molar-refractivity contribution in [3.63, 3.8) is 0 Å². The second-order valence-electron chi connectivity index (χ2n) is 3.83. The van der Waals surface area contributed by atoms with Crippen molar-refractivity contribution in [2.45, 2.75) is 0 Å². The number of rotatable bonds is 2. The van der Waals surface area contributed by atoms with E-state index in [4.69, 9.17) is 4.74 Å². The van der Waals surface area contributed by atoms with Crippen LogP contribution < -0.4 is 4.74 Å². The molecular formula is C14H11N3O. The van der Waals surface area contributed by atoms with Crippen molar-refractivity contribution in [3.8, 4) is 17.1 Å². The molecule has 0 aliphatic rings. The summed E-state index contributed by atoms with van der Waals surface area (Å²) in [4.78, 5) is 12.3. The normalized spacial score (nSPS) is 10.5. The molecule has 0 saturated carbocycles. The second-order valence-corrected chi connectivity index (χ2v) is 3.83. The Hall–Kier alpha value is -2.49. The highest BCUT2D eigenvalue weighted by Crippen LogP contribution is 2.34. The Morgan fingerprint density at radius 1 is 0.944 bits per heavy atom. The average molecular weight is 237 g/mol. The summed E-state index contributed by atoms with van der Waals surface area (Å²) >= 11 is 0. The van der Waals surface area contributed by atoms with E-state index in [0.29, 0.717) is 5.82 Å². The summed E-state index contributed by atoms with van der Waals surface area (Å²) < 4.78 is 5.41. The zero-order valence-corrected chi connectivity index (χ0v) is 9.87. The Labute approximate surface area is 104 Å². The summed E-state index contributed by atoms with van der Waals surface area (Å²) in [6, 6.07) is 12.1. The highest BCUT2D eigenvalue weighted by molar-refractivity contribution is 5.98. The summed E-state index contributed by atoms with van der Waals surface area (Å²) in [5.41, 5.74) is 0.901. The van der Waals surface area contributed by atoms with E-state index < -0.39 is 0 Å². The Bertz CT molecular complexity index is 683. The molecular weight excluding hydrogens is 226 g/mol. The van der Waals surface area contributed by atoms with Crippen LogP contribution in [0, 0.1) is 0 Å². The lowest BCUT2D eigenvalue weighted by Crippen LogP contribution is -1.94. The molecule has 0 radical (unpaired) electrons. The zero-order chi connectivity index (χ0) is 12.4. The van der Waals surface area contributed by atoms with Gasteiger partial charge in [0.15, 0.2) is 5.82 Å². The van der Waals surface area contributed by atoms with Gasteiger partial charge in [0.2, 0.25) is 0 Å². The third kappa shape index (κ3) is 1.68. The van der Waals surface area contributed by atoms with Gasteiger partial charge in [-0.25, -0.2) is 15.0 Å². The van der Waals surface area contributed by atoms with E-state index in [1.807, 2.05) is 30.3 Å². The zero-order valence-electron chi connectivity index (χ0n) is 9.87. The fourth-order valence-corrected chi connectivity index (χ4v) is 2.02. The molecule has 0 fully saturated rings. The smallest absolute Gasteiger partial charge is 0.167 e. The first-order chi connectivity index (χ1) is 8.90. The average Bonchev–Trinajstić information content (AvgIpc) is 2.47. The van der Waals surface area contributed by atoms with Gasteiger partial charge in [-0.3, -0.25) is 0 Å². The largest absolute Gasteiger partial charge is 0.496 e. The predicted molar refractivity (Wildman–Crippen MR) is 69.3 cm³/mol. The Morgan fingerprint density at radius 2 is 1.72 bits per heavy atom. The second kappa shape index (κ2) is 4.41. The Morgan fingerprint density at radius 3 is 2.50 bits per heavy atom. The fourth-order valence-electron chi connectivity index (χ4n) is 2.02. The van der Waals surface area contributed by atoms with Gasteiger partial charge in [-0.15, -0.1) is 0 Å². The third-order valence-electron chi connectivity index (χ3n) is 2.83. The highest BCUT2D eigenvalue weighted by Gasteiger charge is 2.12. The maximum Gasteiger partial charge on any atom is 0.167 e. The molecule has 0 amide bonds. The van der Waals surface area contributed by atoms with Crippen LogP contribution in [-0.4, -0.2) is 22.1 Å². The molecule has 1 heterocycles. The van der Waals surface area contributed by atoms with Crippen molar-refractivity contribution in [2.24, 2.45) is 0 Å². The van der Waals surface area contributed by atoms with Gasteiger partial charge in [0, 0.05) is 0 Å². The molecule has 0 atom stereocenters. The standard InChI is InChI=1S/C14H11N3O/c1-18-12-7-6-10-4-2-3-5-11(10)13(12)14-16-8-15-9-17-14/h2-9H,1H3. The predicted octanol–water partition coefficient (Wildman–Crippen LogP) is 2.70. The maximum atomic E-state index is 5.41. The first-order valence-corrected chi connectivity index (χ1v) is 5.58. The lowest BCUT2D eigenvalue weighted by Gasteiger charge is -2.10. The minimum atomic E-state index is 0.624. The minimum Gasteiger partial charge on any atom is -0.496 e. The summed E-state index contributed by atoms with van der Waals surface area (Å²) in [6.45, 7) is 0. The molecule has 3 rings (SSSR count). The molecule has 3 aromatic rings. The van der Waals surface area contributed by atoms with Crippen LogP contribution in [-0.2, 0) is 0 Å². The molecule has 0 bridgehead atoms. The molecule has 0 spiro atoms. The minimum absolute atomic E-state index is 0.624. The first-order valence-electron chi connectivity index (χ1n) is 5.58. The molecule has 18 heavy (non-hydrogen) atoms. The van der Waals surface area contributed by atoms with Crippen molar-refractivity contribution in [3.05, 3.63) is 49.1 Å². The van der Waals surface area contributed by atoms with Crippen molar-refractivity contribution in [2.75, 3.05) is 7.11 Å². The molecule has 1 aromatic heterocycles. The van der Waals surface area contributed by atoms with Crippen LogP contribution in [0.15, 0.2) is 49.1 Å². The summed E-state index contributed by atoms with van der Waals surface area (Å²) in [6.07, 6.45) is 2.98. The van der Waals surface area contributed by atoms with E-state index in [0.717, 1.165) is 22.1 Å². The van der Waals surface area contributed by atoms with Gasteiger partial charge >= 0.3 is 0 Å². The molecule has 0 unspecified atom stereocenters.